The minimum Gasteiger partial charge on any atom is -0.324 e. The largest absolute Gasteiger partial charge is 0.324 e. The van der Waals surface area contributed by atoms with Gasteiger partial charge in [0.15, 0.2) is 0 Å². The average molecular weight is 484 g/mol. The maximum absolute atomic E-state index is 4.52. The summed E-state index contributed by atoms with van der Waals surface area (Å²) in [6, 6.07) is 0. The van der Waals surface area contributed by atoms with Crippen LogP contribution in [0.2, 0.25) is 0 Å². The third-order valence-electron chi connectivity index (χ3n) is 6.55. The van der Waals surface area contributed by atoms with Crippen molar-refractivity contribution in [3.8, 4) is 0 Å². The number of rotatable bonds is 9. The Labute approximate surface area is 216 Å². The molecule has 3 rings (SSSR count). The van der Waals surface area contributed by atoms with Crippen LogP contribution in [0.25, 0.3) is 0 Å². The Morgan fingerprint density at radius 2 is 1.80 bits per heavy atom. The molecule has 2 aliphatic carbocycles. The number of nitrogens with zero attached hydrogens (tertiary/aromatic N) is 4. The van der Waals surface area contributed by atoms with E-state index in [1.54, 1.807) is 13.3 Å². The molecule has 1 aromatic heterocycles. The standard InChI is InChI=1S/C21H33N5.C7H14.C2H6/c1-6-12-26(13-7-2)16-21(4)10-8-19(9-11-21)25-20-23-15-18(14-22-5)17(3)24-20;1-7-5-3-2-4-6-7;1-2/h8-10,14-15H,6-7,11-13,16H2,1-5H3,(H,23,24,25);7H,2-6H2,1H3;1-2H3. The summed E-state index contributed by atoms with van der Waals surface area (Å²) < 4.78 is 0. The van der Waals surface area contributed by atoms with E-state index in [0.717, 1.165) is 35.8 Å². The molecular formula is C30H53N5. The molecule has 0 aliphatic heterocycles. The van der Waals surface area contributed by atoms with Crippen molar-refractivity contribution in [2.75, 3.05) is 32.0 Å². The topological polar surface area (TPSA) is 53.4 Å². The lowest BCUT2D eigenvalue weighted by atomic mass is 9.82. The van der Waals surface area contributed by atoms with Crippen molar-refractivity contribution in [2.24, 2.45) is 16.3 Å². The van der Waals surface area contributed by atoms with E-state index in [1.165, 1.54) is 58.0 Å². The van der Waals surface area contributed by atoms with Crippen LogP contribution in [0.1, 0.15) is 104 Å². The van der Waals surface area contributed by atoms with Gasteiger partial charge in [0.25, 0.3) is 0 Å². The number of aryl methyl sites for hydroxylation is 1. The van der Waals surface area contributed by atoms with Gasteiger partial charge in [0, 0.05) is 42.7 Å². The molecule has 198 valence electrons. The zero-order valence-corrected chi connectivity index (χ0v) is 24.0. The van der Waals surface area contributed by atoms with E-state index in [2.05, 4.69) is 71.1 Å². The van der Waals surface area contributed by atoms with Crippen LogP contribution in [-0.2, 0) is 0 Å². The molecule has 5 nitrogen and oxygen atoms in total. The zero-order valence-electron chi connectivity index (χ0n) is 24.0. The number of nitrogens with one attached hydrogen (secondary N) is 1. The van der Waals surface area contributed by atoms with Crippen LogP contribution in [0.3, 0.4) is 0 Å². The Morgan fingerprint density at radius 1 is 1.14 bits per heavy atom. The van der Waals surface area contributed by atoms with E-state index in [-0.39, 0.29) is 5.41 Å². The average Bonchev–Trinajstić information content (AvgIpc) is 2.85. The number of aromatic nitrogens is 2. The van der Waals surface area contributed by atoms with E-state index in [4.69, 9.17) is 0 Å². The van der Waals surface area contributed by atoms with Crippen LogP contribution < -0.4 is 5.32 Å². The van der Waals surface area contributed by atoms with Gasteiger partial charge in [0.2, 0.25) is 5.95 Å². The Hall–Kier alpha value is -2.01. The molecule has 0 radical (unpaired) electrons. The fourth-order valence-corrected chi connectivity index (χ4v) is 4.63. The van der Waals surface area contributed by atoms with Crippen molar-refractivity contribution in [3.63, 3.8) is 0 Å². The smallest absolute Gasteiger partial charge is 0.227 e. The van der Waals surface area contributed by atoms with Crippen LogP contribution in [0.4, 0.5) is 5.95 Å². The van der Waals surface area contributed by atoms with Gasteiger partial charge in [-0.15, -0.1) is 0 Å². The highest BCUT2D eigenvalue weighted by Gasteiger charge is 2.25. The Balaban J connectivity index is 0.000000574. The van der Waals surface area contributed by atoms with Crippen LogP contribution in [0.5, 0.6) is 0 Å². The number of hydrogen-bond donors (Lipinski definition) is 1. The fourth-order valence-electron chi connectivity index (χ4n) is 4.63. The second-order valence-electron chi connectivity index (χ2n) is 10.1. The summed E-state index contributed by atoms with van der Waals surface area (Å²) >= 11 is 0. The highest BCUT2D eigenvalue weighted by atomic mass is 15.1. The third-order valence-corrected chi connectivity index (χ3v) is 6.55. The Bertz CT molecular complexity index is 786. The molecule has 5 heteroatoms. The van der Waals surface area contributed by atoms with E-state index >= 15 is 0 Å². The van der Waals surface area contributed by atoms with Gasteiger partial charge < -0.3 is 10.2 Å². The minimum atomic E-state index is 0.188. The first-order chi connectivity index (χ1) is 16.9. The van der Waals surface area contributed by atoms with E-state index in [1.807, 2.05) is 27.0 Å². The molecule has 1 fully saturated rings. The quantitative estimate of drug-likeness (QED) is 0.364. The second-order valence-corrected chi connectivity index (χ2v) is 10.1. The van der Waals surface area contributed by atoms with Gasteiger partial charge in [0.1, 0.15) is 0 Å². The molecule has 0 aromatic carbocycles. The molecule has 1 N–H and O–H groups in total. The van der Waals surface area contributed by atoms with Crippen molar-refractivity contribution in [1.29, 1.82) is 0 Å². The second kappa shape index (κ2) is 17.4. The lowest BCUT2D eigenvalue weighted by molar-refractivity contribution is 0.198. The Kier molecular flexibility index (Phi) is 15.4. The van der Waals surface area contributed by atoms with E-state index in [0.29, 0.717) is 5.95 Å². The number of aliphatic imine (C=N–C) groups is 1. The molecule has 0 bridgehead atoms. The molecular weight excluding hydrogens is 430 g/mol. The van der Waals surface area contributed by atoms with Gasteiger partial charge in [-0.05, 0) is 51.3 Å². The number of hydrogen-bond acceptors (Lipinski definition) is 5. The normalized spacial score (nSPS) is 20.1. The van der Waals surface area contributed by atoms with Crippen molar-refractivity contribution < 1.29 is 0 Å². The summed E-state index contributed by atoms with van der Waals surface area (Å²) in [5, 5.41) is 3.33. The molecule has 0 saturated heterocycles. The highest BCUT2D eigenvalue weighted by Crippen LogP contribution is 2.30. The maximum atomic E-state index is 4.52. The molecule has 1 atom stereocenters. The van der Waals surface area contributed by atoms with Gasteiger partial charge in [-0.3, -0.25) is 4.99 Å². The summed E-state index contributed by atoms with van der Waals surface area (Å²) in [6.07, 6.45) is 21.2. The predicted octanol–water partition coefficient (Wildman–Crippen LogP) is 7.83. The first-order valence-corrected chi connectivity index (χ1v) is 14.0. The van der Waals surface area contributed by atoms with Crippen LogP contribution in [0, 0.1) is 18.3 Å². The Morgan fingerprint density at radius 3 is 2.26 bits per heavy atom. The predicted molar refractivity (Wildman–Crippen MR) is 154 cm³/mol. The molecule has 1 heterocycles. The SMILES string of the molecule is CC.CC1CCCCC1.CCCN(CCC)CC1(C)C=CC(Nc2ncc(C=NC)c(C)n2)=CC1. The molecule has 0 amide bonds. The van der Waals surface area contributed by atoms with E-state index < -0.39 is 0 Å². The van der Waals surface area contributed by atoms with Crippen molar-refractivity contribution in [1.82, 2.24) is 14.9 Å². The highest BCUT2D eigenvalue weighted by molar-refractivity contribution is 5.80. The van der Waals surface area contributed by atoms with Crippen LogP contribution in [0.15, 0.2) is 35.1 Å². The number of anilines is 1. The van der Waals surface area contributed by atoms with Crippen molar-refractivity contribution in [3.05, 3.63) is 41.4 Å². The zero-order chi connectivity index (χ0) is 26.1. The lowest BCUT2D eigenvalue weighted by Gasteiger charge is -2.34. The number of allylic oxidation sites excluding steroid dienone is 2. The van der Waals surface area contributed by atoms with Gasteiger partial charge in [-0.25, -0.2) is 9.97 Å². The third kappa shape index (κ3) is 12.0. The minimum absolute atomic E-state index is 0.188. The summed E-state index contributed by atoms with van der Waals surface area (Å²) in [5.41, 5.74) is 3.13. The van der Waals surface area contributed by atoms with Gasteiger partial charge in [-0.2, -0.15) is 0 Å². The molecule has 2 aliphatic rings. The molecule has 0 spiro atoms. The van der Waals surface area contributed by atoms with Crippen molar-refractivity contribution >= 4 is 12.2 Å². The molecule has 1 aromatic rings. The summed E-state index contributed by atoms with van der Waals surface area (Å²) in [7, 11) is 1.75. The summed E-state index contributed by atoms with van der Waals surface area (Å²) in [4.78, 5) is 15.5. The van der Waals surface area contributed by atoms with Crippen LogP contribution >= 0.6 is 0 Å². The van der Waals surface area contributed by atoms with E-state index in [9.17, 15) is 0 Å². The molecule has 35 heavy (non-hydrogen) atoms. The van der Waals surface area contributed by atoms with Crippen molar-refractivity contribution in [2.45, 2.75) is 99.8 Å². The van der Waals surface area contributed by atoms with Crippen LogP contribution in [-0.4, -0.2) is 47.8 Å². The molecule has 1 unspecified atom stereocenters. The monoisotopic (exact) mass is 483 g/mol. The first-order valence-electron chi connectivity index (χ1n) is 14.0. The maximum Gasteiger partial charge on any atom is 0.227 e. The first kappa shape index (κ1) is 31.0. The fraction of sp³-hybridized carbons (Fsp3) is 0.700. The molecule has 1 saturated carbocycles. The summed E-state index contributed by atoms with van der Waals surface area (Å²) in [5.74, 6) is 1.67. The lowest BCUT2D eigenvalue weighted by Crippen LogP contribution is -2.36. The van der Waals surface area contributed by atoms with Gasteiger partial charge in [0.05, 0.1) is 5.69 Å². The van der Waals surface area contributed by atoms with Gasteiger partial charge in [-0.1, -0.05) is 85.8 Å². The summed E-state index contributed by atoms with van der Waals surface area (Å²) in [6.45, 7) is 18.6. The van der Waals surface area contributed by atoms with Gasteiger partial charge >= 0.3 is 0 Å².